The van der Waals surface area contributed by atoms with E-state index < -0.39 is 82.6 Å². The highest BCUT2D eigenvalue weighted by Crippen LogP contribution is 2.52. The Morgan fingerprint density at radius 1 is 1.07 bits per heavy atom. The molecule has 2 fully saturated rings. The number of phenols is 2. The minimum absolute atomic E-state index is 0.0148. The van der Waals surface area contributed by atoms with Crippen molar-refractivity contribution in [3.05, 3.63) is 51.6 Å². The van der Waals surface area contributed by atoms with Gasteiger partial charge in [-0.05, 0) is 26.8 Å². The SMILES string of the molecule is COc1cccc2c1C(=O)c1c(O)c3c(c(O)c1C2=O)CC(O)(C(C)=O)C[C@@H]3OC1CC(N=C(C)N2CCOCC2)C(O)C(C)O1. The van der Waals surface area contributed by atoms with Crippen LogP contribution in [-0.2, 0) is 25.4 Å². The van der Waals surface area contributed by atoms with Crippen LogP contribution in [-0.4, -0.2) is 112 Å². The normalized spacial score (nSPS) is 29.6. The van der Waals surface area contributed by atoms with Gasteiger partial charge in [0.2, 0.25) is 5.78 Å². The van der Waals surface area contributed by atoms with Gasteiger partial charge in [-0.15, -0.1) is 0 Å². The van der Waals surface area contributed by atoms with Gasteiger partial charge < -0.3 is 44.3 Å². The van der Waals surface area contributed by atoms with Crippen LogP contribution in [0, 0.1) is 0 Å². The molecule has 6 rings (SSSR count). The Labute approximate surface area is 265 Å². The van der Waals surface area contributed by atoms with Crippen molar-refractivity contribution in [3.63, 3.8) is 0 Å². The van der Waals surface area contributed by atoms with Crippen LogP contribution in [0.5, 0.6) is 17.2 Å². The Morgan fingerprint density at radius 3 is 2.43 bits per heavy atom. The highest BCUT2D eigenvalue weighted by molar-refractivity contribution is 6.31. The monoisotopic (exact) mass is 638 g/mol. The van der Waals surface area contributed by atoms with Crippen molar-refractivity contribution < 1.29 is 53.8 Å². The van der Waals surface area contributed by atoms with Gasteiger partial charge in [-0.2, -0.15) is 0 Å². The lowest BCUT2D eigenvalue weighted by atomic mass is 9.72. The van der Waals surface area contributed by atoms with Crippen molar-refractivity contribution in [3.8, 4) is 17.2 Å². The summed E-state index contributed by atoms with van der Waals surface area (Å²) in [6.45, 7) is 7.18. The molecule has 4 N–H and O–H groups in total. The molecule has 2 heterocycles. The number of carbonyl (C=O) groups excluding carboxylic acids is 3. The molecule has 0 bridgehead atoms. The smallest absolute Gasteiger partial charge is 0.202 e. The number of morpholine rings is 1. The fraction of sp³-hybridized carbons (Fsp3) is 0.515. The Hall–Kier alpha value is -3.88. The summed E-state index contributed by atoms with van der Waals surface area (Å²) in [4.78, 5) is 47.1. The topological polar surface area (TPSA) is 185 Å². The summed E-state index contributed by atoms with van der Waals surface area (Å²) in [6, 6.07) is 3.84. The molecule has 2 saturated heterocycles. The fourth-order valence-corrected chi connectivity index (χ4v) is 6.94. The number of rotatable bonds is 5. The maximum atomic E-state index is 13.9. The van der Waals surface area contributed by atoms with Crippen molar-refractivity contribution in [2.45, 2.75) is 76.3 Å². The number of fused-ring (bicyclic) bond motifs is 3. The second kappa shape index (κ2) is 12.0. The first kappa shape index (κ1) is 32.1. The van der Waals surface area contributed by atoms with Crippen LogP contribution < -0.4 is 4.74 Å². The summed E-state index contributed by atoms with van der Waals surface area (Å²) in [5.41, 5.74) is -3.06. The third kappa shape index (κ3) is 5.25. The van der Waals surface area contributed by atoms with E-state index in [-0.39, 0.29) is 40.8 Å². The summed E-state index contributed by atoms with van der Waals surface area (Å²) in [6.07, 6.45) is -4.61. The maximum absolute atomic E-state index is 13.9. The molecule has 13 heteroatoms. The highest BCUT2D eigenvalue weighted by atomic mass is 16.7. The number of hydrogen-bond acceptors (Lipinski definition) is 12. The number of hydrogen-bond donors (Lipinski definition) is 4. The van der Waals surface area contributed by atoms with Crippen molar-refractivity contribution >= 4 is 23.2 Å². The molecule has 0 spiro atoms. The van der Waals surface area contributed by atoms with E-state index in [2.05, 4.69) is 4.90 Å². The molecule has 0 saturated carbocycles. The second-order valence-corrected chi connectivity index (χ2v) is 12.3. The molecule has 46 heavy (non-hydrogen) atoms. The number of phenolic OH excluding ortho intramolecular Hbond substituents is 2. The van der Waals surface area contributed by atoms with Gasteiger partial charge >= 0.3 is 0 Å². The fourth-order valence-electron chi connectivity index (χ4n) is 6.94. The van der Waals surface area contributed by atoms with E-state index in [4.69, 9.17) is 23.9 Å². The first-order valence-corrected chi connectivity index (χ1v) is 15.3. The van der Waals surface area contributed by atoms with E-state index in [0.717, 1.165) is 5.84 Å². The summed E-state index contributed by atoms with van der Waals surface area (Å²) >= 11 is 0. The largest absolute Gasteiger partial charge is 0.507 e. The van der Waals surface area contributed by atoms with Gasteiger partial charge in [-0.1, -0.05) is 12.1 Å². The molecule has 2 aliphatic carbocycles. The number of amidine groups is 1. The number of Topliss-reactive ketones (excluding diaryl/α,β-unsaturated/α-hetero) is 1. The Kier molecular flexibility index (Phi) is 8.40. The van der Waals surface area contributed by atoms with Gasteiger partial charge in [0.25, 0.3) is 0 Å². The number of carbonyl (C=O) groups is 3. The Balaban J connectivity index is 1.40. The zero-order chi connectivity index (χ0) is 33.1. The number of ether oxygens (including phenoxy) is 4. The number of nitrogens with zero attached hydrogens (tertiary/aromatic N) is 2. The summed E-state index contributed by atoms with van der Waals surface area (Å²) < 4.78 is 23.1. The summed E-state index contributed by atoms with van der Waals surface area (Å²) in [5, 5.41) is 45.6. The molecule has 0 aromatic heterocycles. The molecule has 5 unspecified atom stereocenters. The Morgan fingerprint density at radius 2 is 1.76 bits per heavy atom. The number of ketones is 3. The summed E-state index contributed by atoms with van der Waals surface area (Å²) in [7, 11) is 1.35. The molecule has 2 aliphatic heterocycles. The molecular formula is C33H38N2O11. The molecule has 2 aromatic carbocycles. The first-order valence-electron chi connectivity index (χ1n) is 15.3. The van der Waals surface area contributed by atoms with Crippen molar-refractivity contribution in [1.29, 1.82) is 0 Å². The number of aliphatic hydroxyl groups is 2. The Bertz CT molecular complexity index is 1630. The van der Waals surface area contributed by atoms with Crippen LogP contribution >= 0.6 is 0 Å². The van der Waals surface area contributed by atoms with E-state index in [0.29, 0.717) is 26.3 Å². The molecule has 0 radical (unpaired) electrons. The number of aliphatic imine (C=N–C) groups is 1. The number of aliphatic hydroxyl groups excluding tert-OH is 1. The van der Waals surface area contributed by atoms with Crippen molar-refractivity contribution in [2.75, 3.05) is 33.4 Å². The van der Waals surface area contributed by atoms with Gasteiger partial charge in [0.1, 0.15) is 29.0 Å². The predicted molar refractivity (Wildman–Crippen MR) is 162 cm³/mol. The maximum Gasteiger partial charge on any atom is 0.202 e. The summed E-state index contributed by atoms with van der Waals surface area (Å²) in [5.74, 6) is -2.45. The lowest BCUT2D eigenvalue weighted by molar-refractivity contribution is -0.247. The molecule has 4 aliphatic rings. The standard InChI is InChI=1S/C33H38N2O11/c1-15-28(37)20(34-17(3)35-8-10-44-11-9-35)12-23(45-15)46-22-14-33(42,16(2)36)13-19-25(22)32(41)27-26(30(19)39)29(38)18-6-5-7-21(43-4)24(18)31(27)40/h5-7,15,20,22-23,28,37,39,41-42H,8-14H2,1-4H3/t15?,20?,22-,23?,28?,33?/m0/s1. The first-order chi connectivity index (χ1) is 21.9. The van der Waals surface area contributed by atoms with Crippen LogP contribution in [0.25, 0.3) is 0 Å². The van der Waals surface area contributed by atoms with Gasteiger partial charge in [0, 0.05) is 49.0 Å². The number of aromatic hydroxyl groups is 2. The van der Waals surface area contributed by atoms with E-state index in [1.54, 1.807) is 6.92 Å². The van der Waals surface area contributed by atoms with Crippen LogP contribution in [0.3, 0.4) is 0 Å². The number of benzene rings is 2. The van der Waals surface area contributed by atoms with Crippen LogP contribution in [0.4, 0.5) is 0 Å². The van der Waals surface area contributed by atoms with Crippen LogP contribution in [0.15, 0.2) is 23.2 Å². The van der Waals surface area contributed by atoms with Gasteiger partial charge in [-0.25, -0.2) is 0 Å². The quantitative estimate of drug-likeness (QED) is 0.181. The van der Waals surface area contributed by atoms with E-state index in [1.807, 2.05) is 6.92 Å². The van der Waals surface area contributed by atoms with Crippen LogP contribution in [0.1, 0.15) is 82.7 Å². The van der Waals surface area contributed by atoms with Crippen LogP contribution in [0.2, 0.25) is 0 Å². The van der Waals surface area contributed by atoms with Crippen molar-refractivity contribution in [2.24, 2.45) is 4.99 Å². The lowest BCUT2D eigenvalue weighted by Gasteiger charge is -2.42. The van der Waals surface area contributed by atoms with E-state index >= 15 is 0 Å². The van der Waals surface area contributed by atoms with E-state index in [1.165, 1.54) is 32.2 Å². The molecule has 2 aromatic rings. The average Bonchev–Trinajstić information content (AvgIpc) is 3.03. The highest BCUT2D eigenvalue weighted by Gasteiger charge is 2.49. The average molecular weight is 639 g/mol. The zero-order valence-corrected chi connectivity index (χ0v) is 26.1. The molecule has 246 valence electrons. The zero-order valence-electron chi connectivity index (χ0n) is 26.1. The molecule has 6 atom stereocenters. The van der Waals surface area contributed by atoms with Crippen molar-refractivity contribution in [1.82, 2.24) is 4.90 Å². The molecular weight excluding hydrogens is 600 g/mol. The van der Waals surface area contributed by atoms with E-state index in [9.17, 15) is 34.8 Å². The lowest BCUT2D eigenvalue weighted by Crippen LogP contribution is -2.50. The predicted octanol–water partition coefficient (Wildman–Crippen LogP) is 1.82. The third-order valence-electron chi connectivity index (χ3n) is 9.54. The second-order valence-electron chi connectivity index (χ2n) is 12.3. The minimum Gasteiger partial charge on any atom is -0.507 e. The van der Waals surface area contributed by atoms with Gasteiger partial charge in [0.05, 0.1) is 61.1 Å². The minimum atomic E-state index is -2.02. The third-order valence-corrected chi connectivity index (χ3v) is 9.54. The van der Waals surface area contributed by atoms with Gasteiger partial charge in [0.15, 0.2) is 17.9 Å². The molecule has 0 amide bonds. The van der Waals surface area contributed by atoms with Gasteiger partial charge in [-0.3, -0.25) is 19.4 Å². The number of methoxy groups -OCH3 is 1. The molecule has 13 nitrogen and oxygen atoms in total.